The molecule has 0 saturated heterocycles. The van der Waals surface area contributed by atoms with Gasteiger partial charge in [-0.05, 0) is 30.7 Å². The number of nitrogens with zero attached hydrogens (tertiary/aromatic N) is 2. The molecule has 18 heavy (non-hydrogen) atoms. The van der Waals surface area contributed by atoms with Crippen molar-refractivity contribution in [3.05, 3.63) is 57.8 Å². The van der Waals surface area contributed by atoms with Crippen molar-refractivity contribution in [1.82, 2.24) is 9.38 Å². The fraction of sp³-hybridized carbons (Fsp3) is 0.0714. The Hall–Kier alpha value is -1.32. The summed E-state index contributed by atoms with van der Waals surface area (Å²) < 4.78 is 2.99. The molecule has 0 atom stereocenters. The number of hydrogen-bond acceptors (Lipinski definition) is 1. The van der Waals surface area contributed by atoms with Gasteiger partial charge >= 0.3 is 0 Å². The number of aryl methyl sites for hydroxylation is 1. The number of halogens is 2. The van der Waals surface area contributed by atoms with Gasteiger partial charge in [-0.1, -0.05) is 39.7 Å². The van der Waals surface area contributed by atoms with E-state index in [1.165, 1.54) is 0 Å². The smallest absolute Gasteiger partial charge is 0.140 e. The molecular formula is C14H10BrClN2. The topological polar surface area (TPSA) is 17.3 Å². The lowest BCUT2D eigenvalue weighted by atomic mass is 10.2. The van der Waals surface area contributed by atoms with Crippen LogP contribution in [0.5, 0.6) is 0 Å². The molecule has 3 aromatic rings. The van der Waals surface area contributed by atoms with Crippen LogP contribution >= 0.6 is 27.5 Å². The Morgan fingerprint density at radius 1 is 1.28 bits per heavy atom. The second-order valence-corrected chi connectivity index (χ2v) is 5.50. The summed E-state index contributed by atoms with van der Waals surface area (Å²) in [5, 5.41) is 0.699. The Bertz CT molecular complexity index is 734. The van der Waals surface area contributed by atoms with Crippen molar-refractivity contribution >= 4 is 33.2 Å². The van der Waals surface area contributed by atoms with Crippen molar-refractivity contribution in [2.75, 3.05) is 0 Å². The van der Waals surface area contributed by atoms with Crippen LogP contribution in [-0.2, 0) is 0 Å². The van der Waals surface area contributed by atoms with E-state index in [4.69, 9.17) is 11.6 Å². The lowest BCUT2D eigenvalue weighted by molar-refractivity contribution is 1.16. The van der Waals surface area contributed by atoms with Gasteiger partial charge in [-0.3, -0.25) is 0 Å². The van der Waals surface area contributed by atoms with Crippen molar-refractivity contribution in [3.8, 4) is 11.3 Å². The molecule has 0 radical (unpaired) electrons. The highest BCUT2D eigenvalue weighted by Gasteiger charge is 2.09. The quantitative estimate of drug-likeness (QED) is 0.633. The summed E-state index contributed by atoms with van der Waals surface area (Å²) in [5.41, 5.74) is 3.95. The molecule has 0 aliphatic rings. The van der Waals surface area contributed by atoms with E-state index in [2.05, 4.69) is 33.9 Å². The normalized spacial score (nSPS) is 11.1. The fourth-order valence-electron chi connectivity index (χ4n) is 1.98. The van der Waals surface area contributed by atoms with Crippen molar-refractivity contribution < 1.29 is 0 Å². The second kappa shape index (κ2) is 4.41. The van der Waals surface area contributed by atoms with E-state index in [-0.39, 0.29) is 0 Å². The third-order valence-electron chi connectivity index (χ3n) is 2.88. The monoisotopic (exact) mass is 320 g/mol. The fourth-order valence-corrected chi connectivity index (χ4v) is 2.75. The predicted octanol–water partition coefficient (Wildman–Crippen LogP) is 4.73. The van der Waals surface area contributed by atoms with Gasteiger partial charge in [0.25, 0.3) is 0 Å². The third kappa shape index (κ3) is 1.93. The van der Waals surface area contributed by atoms with Gasteiger partial charge in [-0.15, -0.1) is 0 Å². The minimum Gasteiger partial charge on any atom is -0.306 e. The van der Waals surface area contributed by atoms with Gasteiger partial charge in [-0.2, -0.15) is 0 Å². The minimum absolute atomic E-state index is 0.699. The standard InChI is InChI=1S/C14H10BrClN2/c1-9-3-2-6-18-8-13(17-14(9)18)11-5-4-10(15)7-12(11)16/h2-8H,1H3. The Balaban J connectivity index is 2.23. The second-order valence-electron chi connectivity index (χ2n) is 4.17. The van der Waals surface area contributed by atoms with E-state index < -0.39 is 0 Å². The van der Waals surface area contributed by atoms with Crippen LogP contribution in [0, 0.1) is 6.92 Å². The first kappa shape index (κ1) is 11.8. The van der Waals surface area contributed by atoms with Gasteiger partial charge in [0.2, 0.25) is 0 Å². The maximum Gasteiger partial charge on any atom is 0.140 e. The lowest BCUT2D eigenvalue weighted by Crippen LogP contribution is -1.84. The zero-order valence-corrected chi connectivity index (χ0v) is 12.0. The molecule has 2 nitrogen and oxygen atoms in total. The Morgan fingerprint density at radius 3 is 2.83 bits per heavy atom. The van der Waals surface area contributed by atoms with Crippen molar-refractivity contribution in [2.24, 2.45) is 0 Å². The van der Waals surface area contributed by atoms with Crippen LogP contribution < -0.4 is 0 Å². The molecule has 0 aliphatic heterocycles. The highest BCUT2D eigenvalue weighted by molar-refractivity contribution is 9.10. The molecule has 0 spiro atoms. The summed E-state index contributed by atoms with van der Waals surface area (Å²) in [6.45, 7) is 2.05. The Labute approximate surface area is 118 Å². The van der Waals surface area contributed by atoms with Crippen LogP contribution in [0.3, 0.4) is 0 Å². The number of hydrogen-bond donors (Lipinski definition) is 0. The Morgan fingerprint density at radius 2 is 2.11 bits per heavy atom. The number of fused-ring (bicyclic) bond motifs is 1. The molecule has 4 heteroatoms. The number of aromatic nitrogens is 2. The van der Waals surface area contributed by atoms with Crippen molar-refractivity contribution in [3.63, 3.8) is 0 Å². The molecule has 0 unspecified atom stereocenters. The van der Waals surface area contributed by atoms with Crippen LogP contribution in [0.15, 0.2) is 47.2 Å². The van der Waals surface area contributed by atoms with Crippen LogP contribution in [0.25, 0.3) is 16.9 Å². The minimum atomic E-state index is 0.699. The average molecular weight is 322 g/mol. The number of benzene rings is 1. The van der Waals surface area contributed by atoms with E-state index >= 15 is 0 Å². The largest absolute Gasteiger partial charge is 0.306 e. The van der Waals surface area contributed by atoms with E-state index in [1.54, 1.807) is 0 Å². The van der Waals surface area contributed by atoms with Gasteiger partial charge in [0.1, 0.15) is 5.65 Å². The summed E-state index contributed by atoms with van der Waals surface area (Å²) in [6.07, 6.45) is 3.99. The maximum absolute atomic E-state index is 6.25. The molecule has 0 aliphatic carbocycles. The first-order valence-corrected chi connectivity index (χ1v) is 6.72. The van der Waals surface area contributed by atoms with Gasteiger partial charge in [0.05, 0.1) is 10.7 Å². The molecule has 0 amide bonds. The van der Waals surface area contributed by atoms with Gasteiger partial charge in [-0.25, -0.2) is 4.98 Å². The highest BCUT2D eigenvalue weighted by atomic mass is 79.9. The molecule has 0 saturated carbocycles. The number of pyridine rings is 1. The van der Waals surface area contributed by atoms with Gasteiger partial charge in [0.15, 0.2) is 0 Å². The zero-order chi connectivity index (χ0) is 12.7. The third-order valence-corrected chi connectivity index (χ3v) is 3.69. The highest BCUT2D eigenvalue weighted by Crippen LogP contribution is 2.30. The van der Waals surface area contributed by atoms with Crippen LogP contribution in [0.2, 0.25) is 5.02 Å². The molecule has 2 aromatic heterocycles. The summed E-state index contributed by atoms with van der Waals surface area (Å²) in [4.78, 5) is 4.64. The summed E-state index contributed by atoms with van der Waals surface area (Å²) in [7, 11) is 0. The Kier molecular flexibility index (Phi) is 2.88. The molecule has 90 valence electrons. The number of rotatable bonds is 1. The SMILES string of the molecule is Cc1cccn2cc(-c3ccc(Br)cc3Cl)nc12. The van der Waals surface area contributed by atoms with Crippen molar-refractivity contribution in [1.29, 1.82) is 0 Å². The van der Waals surface area contributed by atoms with E-state index in [0.717, 1.165) is 26.9 Å². The predicted molar refractivity (Wildman–Crippen MR) is 78.1 cm³/mol. The lowest BCUT2D eigenvalue weighted by Gasteiger charge is -2.00. The van der Waals surface area contributed by atoms with Crippen LogP contribution in [-0.4, -0.2) is 9.38 Å². The van der Waals surface area contributed by atoms with Gasteiger partial charge in [0, 0.05) is 22.4 Å². The molecule has 2 heterocycles. The first-order valence-electron chi connectivity index (χ1n) is 5.55. The average Bonchev–Trinajstić information content (AvgIpc) is 2.74. The van der Waals surface area contributed by atoms with E-state index in [9.17, 15) is 0 Å². The number of imidazole rings is 1. The van der Waals surface area contributed by atoms with Crippen molar-refractivity contribution in [2.45, 2.75) is 6.92 Å². The molecule has 0 fully saturated rings. The summed E-state index contributed by atoms with van der Waals surface area (Å²) >= 11 is 9.66. The van der Waals surface area contributed by atoms with E-state index in [1.807, 2.05) is 41.1 Å². The van der Waals surface area contributed by atoms with Crippen LogP contribution in [0.1, 0.15) is 5.56 Å². The summed E-state index contributed by atoms with van der Waals surface area (Å²) in [5.74, 6) is 0. The molecule has 0 N–H and O–H groups in total. The molecular weight excluding hydrogens is 312 g/mol. The zero-order valence-electron chi connectivity index (χ0n) is 9.69. The van der Waals surface area contributed by atoms with Crippen LogP contribution in [0.4, 0.5) is 0 Å². The first-order chi connectivity index (χ1) is 8.65. The molecule has 1 aromatic carbocycles. The van der Waals surface area contributed by atoms with Gasteiger partial charge < -0.3 is 4.40 Å². The van der Waals surface area contributed by atoms with E-state index in [0.29, 0.717) is 5.02 Å². The molecule has 3 rings (SSSR count). The summed E-state index contributed by atoms with van der Waals surface area (Å²) in [6, 6.07) is 9.89. The maximum atomic E-state index is 6.25. The molecule has 0 bridgehead atoms.